The zero-order valence-corrected chi connectivity index (χ0v) is 25.9. The Morgan fingerprint density at radius 3 is 2.47 bits per heavy atom. The number of ether oxygens (including phenoxy) is 2. The second-order valence-corrected chi connectivity index (χ2v) is 11.6. The second kappa shape index (κ2) is 12.0. The van der Waals surface area contributed by atoms with E-state index in [9.17, 15) is 19.5 Å². The van der Waals surface area contributed by atoms with E-state index >= 15 is 0 Å². The van der Waals surface area contributed by atoms with E-state index in [0.29, 0.717) is 24.8 Å². The van der Waals surface area contributed by atoms with Gasteiger partial charge in [-0.05, 0) is 66.6 Å². The number of nitrogens with one attached hydrogen (secondary N) is 2. The number of benzene rings is 2. The highest BCUT2D eigenvalue weighted by Crippen LogP contribution is 2.41. The van der Waals surface area contributed by atoms with Crippen molar-refractivity contribution >= 4 is 11.6 Å². The van der Waals surface area contributed by atoms with Crippen molar-refractivity contribution in [1.82, 2.24) is 24.6 Å². The van der Waals surface area contributed by atoms with Crippen molar-refractivity contribution in [2.75, 3.05) is 25.6 Å². The smallest absolute Gasteiger partial charge is 0.346 e. The summed E-state index contributed by atoms with van der Waals surface area (Å²) in [7, 11) is 4.32. The van der Waals surface area contributed by atoms with Crippen LogP contribution in [0.25, 0.3) is 22.4 Å². The van der Waals surface area contributed by atoms with Crippen LogP contribution < -0.4 is 26.6 Å². The molecule has 0 saturated carbocycles. The van der Waals surface area contributed by atoms with Crippen molar-refractivity contribution in [3.63, 3.8) is 0 Å². The number of amides is 1. The number of aromatic nitrogens is 4. The average molecular weight is 613 g/mol. The predicted molar refractivity (Wildman–Crippen MR) is 169 cm³/mol. The third kappa shape index (κ3) is 5.45. The normalized spacial score (nSPS) is 19.0. The van der Waals surface area contributed by atoms with Crippen LogP contribution in [0.5, 0.6) is 5.88 Å². The summed E-state index contributed by atoms with van der Waals surface area (Å²) in [4.78, 5) is 42.6. The van der Waals surface area contributed by atoms with E-state index in [1.165, 1.54) is 14.1 Å². The molecule has 1 saturated heterocycles. The molecule has 4 aromatic rings. The van der Waals surface area contributed by atoms with Crippen LogP contribution in [0.15, 0.2) is 52.1 Å². The molecular weight excluding hydrogens is 576 g/mol. The van der Waals surface area contributed by atoms with Gasteiger partial charge in [-0.25, -0.2) is 14.5 Å². The van der Waals surface area contributed by atoms with E-state index in [2.05, 4.69) is 21.8 Å². The molecule has 1 fully saturated rings. The topological polar surface area (TPSA) is 150 Å². The fourth-order valence-corrected chi connectivity index (χ4v) is 6.32. The SMILES string of the molecule is COc1nc(-c2cccc(-c3cccc(NC(=O)c4nn(C)c(=O)n(C)c4=O)c3C)c2C)cc2c1C(N[C@@H]1COC[C@H]1O)CC2. The molecule has 1 aliphatic heterocycles. The van der Waals surface area contributed by atoms with Gasteiger partial charge in [-0.2, -0.15) is 5.10 Å². The Kier molecular flexibility index (Phi) is 8.12. The monoisotopic (exact) mass is 612 g/mol. The standard InChI is InChI=1S/C33H36N6O6/c1-17-20(21-9-7-11-23(18(21)2)35-30(41)29-32(42)38(3)33(43)39(4)37-29)8-6-10-22(17)25-14-19-12-13-24(28(19)31(36-25)44-5)34-26-15-45-16-27(26)40/h6-11,14,24,26-27,34,40H,12-13,15-16H2,1-5H3,(H,35,41)/t24?,26-,27-/m1/s1. The van der Waals surface area contributed by atoms with Gasteiger partial charge in [0.25, 0.3) is 11.5 Å². The number of aliphatic hydroxyl groups excluding tert-OH is 1. The highest BCUT2D eigenvalue weighted by Gasteiger charge is 2.34. The number of anilines is 1. The average Bonchev–Trinajstić information content (AvgIpc) is 3.64. The van der Waals surface area contributed by atoms with Crippen LogP contribution in [0, 0.1) is 13.8 Å². The molecular formula is C33H36N6O6. The van der Waals surface area contributed by atoms with Gasteiger partial charge in [-0.3, -0.25) is 14.2 Å². The molecule has 2 aromatic heterocycles. The lowest BCUT2D eigenvalue weighted by molar-refractivity contribution is 0.101. The molecule has 0 bridgehead atoms. The fourth-order valence-electron chi connectivity index (χ4n) is 6.32. The van der Waals surface area contributed by atoms with Crippen LogP contribution in [0.2, 0.25) is 0 Å². The van der Waals surface area contributed by atoms with Gasteiger partial charge in [0.05, 0.1) is 38.2 Å². The molecule has 3 heterocycles. The highest BCUT2D eigenvalue weighted by atomic mass is 16.5. The highest BCUT2D eigenvalue weighted by molar-refractivity contribution is 6.03. The lowest BCUT2D eigenvalue weighted by atomic mass is 9.91. The zero-order chi connectivity index (χ0) is 32.0. The number of hydrogen-bond acceptors (Lipinski definition) is 9. The number of methoxy groups -OCH3 is 1. The van der Waals surface area contributed by atoms with Gasteiger partial charge < -0.3 is 25.2 Å². The van der Waals surface area contributed by atoms with Crippen molar-refractivity contribution in [3.8, 4) is 28.3 Å². The minimum atomic E-state index is -0.766. The molecule has 3 atom stereocenters. The van der Waals surface area contributed by atoms with E-state index in [0.717, 1.165) is 66.7 Å². The fraction of sp³-hybridized carbons (Fsp3) is 0.364. The van der Waals surface area contributed by atoms with Crippen molar-refractivity contribution < 1.29 is 19.4 Å². The molecule has 234 valence electrons. The van der Waals surface area contributed by atoms with Crippen LogP contribution in [0.4, 0.5) is 5.69 Å². The molecule has 3 N–H and O–H groups in total. The van der Waals surface area contributed by atoms with E-state index < -0.39 is 23.3 Å². The summed E-state index contributed by atoms with van der Waals surface area (Å²) in [5.74, 6) is -0.135. The maximum atomic E-state index is 13.1. The third-order valence-electron chi connectivity index (χ3n) is 8.84. The molecule has 12 heteroatoms. The van der Waals surface area contributed by atoms with Crippen molar-refractivity contribution in [2.24, 2.45) is 14.1 Å². The number of hydrogen-bond donors (Lipinski definition) is 3. The number of fused-ring (bicyclic) bond motifs is 1. The Morgan fingerprint density at radius 1 is 1.04 bits per heavy atom. The number of rotatable bonds is 7. The zero-order valence-electron chi connectivity index (χ0n) is 25.9. The van der Waals surface area contributed by atoms with Gasteiger partial charge in [-0.1, -0.05) is 30.3 Å². The molecule has 1 unspecified atom stereocenters. The van der Waals surface area contributed by atoms with Crippen molar-refractivity contribution in [1.29, 1.82) is 0 Å². The summed E-state index contributed by atoms with van der Waals surface area (Å²) in [5.41, 5.74) is 6.39. The number of carbonyl (C=O) groups is 1. The number of aliphatic hydroxyl groups is 1. The first kappa shape index (κ1) is 30.4. The molecule has 0 radical (unpaired) electrons. The van der Waals surface area contributed by atoms with Gasteiger partial charge in [0, 0.05) is 37.0 Å². The first-order valence-electron chi connectivity index (χ1n) is 14.8. The Hall–Kier alpha value is -4.65. The van der Waals surface area contributed by atoms with Gasteiger partial charge in [0.1, 0.15) is 0 Å². The summed E-state index contributed by atoms with van der Waals surface area (Å²) in [6.45, 7) is 4.75. The van der Waals surface area contributed by atoms with Gasteiger partial charge in [0.15, 0.2) is 0 Å². The Balaban J connectivity index is 1.32. The lowest BCUT2D eigenvalue weighted by Gasteiger charge is -2.22. The number of aryl methyl sites for hydroxylation is 2. The molecule has 1 amide bonds. The van der Waals surface area contributed by atoms with Crippen LogP contribution in [-0.2, 0) is 25.3 Å². The summed E-state index contributed by atoms with van der Waals surface area (Å²) >= 11 is 0. The molecule has 0 spiro atoms. The van der Waals surface area contributed by atoms with Crippen LogP contribution in [0.3, 0.4) is 0 Å². The largest absolute Gasteiger partial charge is 0.481 e. The van der Waals surface area contributed by atoms with Gasteiger partial charge in [-0.15, -0.1) is 0 Å². The summed E-state index contributed by atoms with van der Waals surface area (Å²) in [6, 6.07) is 13.6. The van der Waals surface area contributed by atoms with E-state index in [4.69, 9.17) is 14.5 Å². The molecule has 12 nitrogen and oxygen atoms in total. The minimum absolute atomic E-state index is 0.0158. The van der Waals surface area contributed by atoms with Crippen LogP contribution >= 0.6 is 0 Å². The van der Waals surface area contributed by atoms with Crippen molar-refractivity contribution in [2.45, 2.75) is 44.9 Å². The van der Waals surface area contributed by atoms with Gasteiger partial charge in [0.2, 0.25) is 11.6 Å². The van der Waals surface area contributed by atoms with Gasteiger partial charge >= 0.3 is 5.69 Å². The summed E-state index contributed by atoms with van der Waals surface area (Å²) in [6.07, 6.45) is 1.19. The maximum absolute atomic E-state index is 13.1. The molecule has 2 aliphatic rings. The Morgan fingerprint density at radius 2 is 1.76 bits per heavy atom. The minimum Gasteiger partial charge on any atom is -0.481 e. The van der Waals surface area contributed by atoms with Crippen LogP contribution in [-0.4, -0.2) is 62.8 Å². The predicted octanol–water partition coefficient (Wildman–Crippen LogP) is 2.42. The van der Waals surface area contributed by atoms with E-state index in [-0.39, 0.29) is 17.8 Å². The summed E-state index contributed by atoms with van der Waals surface area (Å²) in [5, 5.41) is 20.5. The maximum Gasteiger partial charge on any atom is 0.346 e. The summed E-state index contributed by atoms with van der Waals surface area (Å²) < 4.78 is 13.0. The lowest BCUT2D eigenvalue weighted by Crippen LogP contribution is -2.43. The molecule has 45 heavy (non-hydrogen) atoms. The third-order valence-corrected chi connectivity index (χ3v) is 8.84. The van der Waals surface area contributed by atoms with E-state index in [1.807, 2.05) is 44.2 Å². The van der Waals surface area contributed by atoms with Crippen LogP contribution in [0.1, 0.15) is 45.2 Å². The number of nitrogens with zero attached hydrogens (tertiary/aromatic N) is 4. The van der Waals surface area contributed by atoms with E-state index in [1.54, 1.807) is 13.2 Å². The first-order chi connectivity index (χ1) is 21.6. The van der Waals surface area contributed by atoms with Crippen molar-refractivity contribution in [3.05, 3.63) is 91.3 Å². The molecule has 2 aromatic carbocycles. The first-order valence-corrected chi connectivity index (χ1v) is 14.8. The molecule has 1 aliphatic carbocycles. The number of pyridine rings is 1. The quantitative estimate of drug-likeness (QED) is 0.286. The Labute approximate surface area is 259 Å². The Bertz CT molecular complexity index is 1930. The molecule has 6 rings (SSSR count). The second-order valence-electron chi connectivity index (χ2n) is 11.6. The number of carbonyl (C=O) groups excluding carboxylic acids is 1.